The summed E-state index contributed by atoms with van der Waals surface area (Å²) in [6, 6.07) is 0.158. The van der Waals surface area contributed by atoms with Crippen LogP contribution in [0.25, 0.3) is 0 Å². The maximum Gasteiger partial charge on any atom is 0.319 e. The van der Waals surface area contributed by atoms with Gasteiger partial charge in [-0.05, 0) is 30.1 Å². The number of carbonyl (C=O) groups excluding carboxylic acids is 1. The molecule has 0 aromatic rings. The minimum atomic E-state index is 0.158. The van der Waals surface area contributed by atoms with Crippen LogP contribution >= 0.6 is 0 Å². The average Bonchev–Trinajstić information content (AvgIpc) is 2.27. The molecule has 1 rings (SSSR count). The first-order valence-corrected chi connectivity index (χ1v) is 6.77. The molecule has 100 valence electrons. The second-order valence-electron chi connectivity index (χ2n) is 6.21. The van der Waals surface area contributed by atoms with E-state index in [2.05, 4.69) is 27.7 Å². The molecule has 1 aliphatic rings. The van der Waals surface area contributed by atoms with Crippen molar-refractivity contribution >= 4 is 6.03 Å². The fraction of sp³-hybridized carbons (Fsp3) is 0.929. The summed E-state index contributed by atoms with van der Waals surface area (Å²) in [6.45, 7) is 11.1. The van der Waals surface area contributed by atoms with E-state index in [1.807, 2.05) is 19.0 Å². The van der Waals surface area contributed by atoms with Crippen molar-refractivity contribution < 1.29 is 4.79 Å². The van der Waals surface area contributed by atoms with Crippen molar-refractivity contribution in [1.82, 2.24) is 9.80 Å². The number of rotatable bonds is 2. The highest BCUT2D eigenvalue weighted by Crippen LogP contribution is 2.45. The highest BCUT2D eigenvalue weighted by Gasteiger charge is 2.40. The van der Waals surface area contributed by atoms with Gasteiger partial charge in [-0.2, -0.15) is 0 Å². The summed E-state index contributed by atoms with van der Waals surface area (Å²) in [4.78, 5) is 15.6. The molecule has 2 amide bonds. The smallest absolute Gasteiger partial charge is 0.319 e. The molecule has 0 bridgehead atoms. The van der Waals surface area contributed by atoms with Gasteiger partial charge in [0.05, 0.1) is 0 Å². The van der Waals surface area contributed by atoms with E-state index in [9.17, 15) is 4.79 Å². The van der Waals surface area contributed by atoms with Crippen LogP contribution < -0.4 is 0 Å². The van der Waals surface area contributed by atoms with Gasteiger partial charge in [-0.15, -0.1) is 0 Å². The monoisotopic (exact) mass is 240 g/mol. The van der Waals surface area contributed by atoms with Crippen LogP contribution in [0.1, 0.15) is 40.5 Å². The number of amides is 2. The molecule has 1 aliphatic heterocycles. The summed E-state index contributed by atoms with van der Waals surface area (Å²) in [5.41, 5.74) is 0.420. The van der Waals surface area contributed by atoms with Crippen LogP contribution in [0, 0.1) is 17.3 Å². The summed E-state index contributed by atoms with van der Waals surface area (Å²) in [5, 5.41) is 0. The molecule has 0 atom stereocenters. The molecule has 1 fully saturated rings. The first-order valence-electron chi connectivity index (χ1n) is 6.77. The van der Waals surface area contributed by atoms with Crippen molar-refractivity contribution in [3.8, 4) is 0 Å². The Hall–Kier alpha value is -0.730. The molecule has 3 heteroatoms. The SMILES string of the molecule is CC(C)C1(C(C)C)CCN(C(=O)N(C)C)CC1. The second-order valence-corrected chi connectivity index (χ2v) is 6.21. The first kappa shape index (κ1) is 14.3. The second kappa shape index (κ2) is 5.28. The Labute approximate surface area is 106 Å². The van der Waals surface area contributed by atoms with E-state index in [1.54, 1.807) is 4.90 Å². The van der Waals surface area contributed by atoms with Crippen molar-refractivity contribution in [2.75, 3.05) is 27.2 Å². The summed E-state index contributed by atoms with van der Waals surface area (Å²) in [6.07, 6.45) is 2.28. The van der Waals surface area contributed by atoms with E-state index in [0.29, 0.717) is 17.3 Å². The lowest BCUT2D eigenvalue weighted by molar-refractivity contribution is 0.0274. The van der Waals surface area contributed by atoms with Gasteiger partial charge in [0.25, 0.3) is 0 Å². The molecule has 0 aliphatic carbocycles. The molecule has 1 saturated heterocycles. The van der Waals surface area contributed by atoms with Crippen molar-refractivity contribution in [2.24, 2.45) is 17.3 Å². The van der Waals surface area contributed by atoms with Crippen molar-refractivity contribution in [1.29, 1.82) is 0 Å². The highest BCUT2D eigenvalue weighted by molar-refractivity contribution is 5.73. The molecule has 0 radical (unpaired) electrons. The third kappa shape index (κ3) is 2.75. The normalized spacial score (nSPS) is 19.9. The number of likely N-dealkylation sites (tertiary alicyclic amines) is 1. The van der Waals surface area contributed by atoms with Crippen LogP contribution in [-0.2, 0) is 0 Å². The molecule has 1 heterocycles. The zero-order chi connectivity index (χ0) is 13.2. The molecule has 0 aromatic heterocycles. The maximum absolute atomic E-state index is 11.9. The van der Waals surface area contributed by atoms with E-state index in [-0.39, 0.29) is 6.03 Å². The Morgan fingerprint density at radius 3 is 1.76 bits per heavy atom. The third-order valence-corrected chi connectivity index (χ3v) is 4.65. The molecule has 0 spiro atoms. The Morgan fingerprint density at radius 2 is 1.47 bits per heavy atom. The Morgan fingerprint density at radius 1 is 1.06 bits per heavy atom. The lowest BCUT2D eigenvalue weighted by Gasteiger charge is -2.48. The van der Waals surface area contributed by atoms with Crippen molar-refractivity contribution in [3.63, 3.8) is 0 Å². The van der Waals surface area contributed by atoms with Crippen LogP contribution in [-0.4, -0.2) is 43.0 Å². The van der Waals surface area contributed by atoms with Crippen LogP contribution in [0.3, 0.4) is 0 Å². The van der Waals surface area contributed by atoms with Gasteiger partial charge in [0.15, 0.2) is 0 Å². The minimum absolute atomic E-state index is 0.158. The third-order valence-electron chi connectivity index (χ3n) is 4.65. The van der Waals surface area contributed by atoms with Crippen LogP contribution in [0.4, 0.5) is 4.79 Å². The average molecular weight is 240 g/mol. The minimum Gasteiger partial charge on any atom is -0.331 e. The quantitative estimate of drug-likeness (QED) is 0.727. The standard InChI is InChI=1S/C14H28N2O/c1-11(2)14(12(3)4)7-9-16(10-8-14)13(17)15(5)6/h11-12H,7-10H2,1-6H3. The number of piperidine rings is 1. The summed E-state index contributed by atoms with van der Waals surface area (Å²) >= 11 is 0. The largest absolute Gasteiger partial charge is 0.331 e. The van der Waals surface area contributed by atoms with E-state index < -0.39 is 0 Å². The predicted octanol–water partition coefficient (Wildman–Crippen LogP) is 3.06. The van der Waals surface area contributed by atoms with E-state index in [1.165, 1.54) is 0 Å². The molecule has 0 N–H and O–H groups in total. The number of hydrogen-bond acceptors (Lipinski definition) is 1. The Balaban J connectivity index is 2.68. The van der Waals surface area contributed by atoms with Gasteiger partial charge in [0.1, 0.15) is 0 Å². The summed E-state index contributed by atoms with van der Waals surface area (Å²) in [5.74, 6) is 1.39. The van der Waals surface area contributed by atoms with Gasteiger partial charge in [-0.3, -0.25) is 0 Å². The van der Waals surface area contributed by atoms with Gasteiger partial charge >= 0.3 is 6.03 Å². The number of urea groups is 1. The van der Waals surface area contributed by atoms with Crippen LogP contribution in [0.15, 0.2) is 0 Å². The number of carbonyl (C=O) groups is 1. The topological polar surface area (TPSA) is 23.6 Å². The Kier molecular flexibility index (Phi) is 4.45. The summed E-state index contributed by atoms with van der Waals surface area (Å²) < 4.78 is 0. The Bertz CT molecular complexity index is 253. The molecule has 0 aromatic carbocycles. The first-order chi connectivity index (χ1) is 7.81. The molecular weight excluding hydrogens is 212 g/mol. The number of nitrogens with zero attached hydrogens (tertiary/aromatic N) is 2. The fourth-order valence-electron chi connectivity index (χ4n) is 3.22. The number of hydrogen-bond donors (Lipinski definition) is 0. The molecular formula is C14H28N2O. The van der Waals surface area contributed by atoms with Crippen LogP contribution in [0.2, 0.25) is 0 Å². The molecule has 0 unspecified atom stereocenters. The van der Waals surface area contributed by atoms with Gasteiger partial charge in [0, 0.05) is 27.2 Å². The fourth-order valence-corrected chi connectivity index (χ4v) is 3.22. The zero-order valence-corrected chi connectivity index (χ0v) is 12.3. The molecule has 3 nitrogen and oxygen atoms in total. The van der Waals surface area contributed by atoms with E-state index in [0.717, 1.165) is 25.9 Å². The predicted molar refractivity (Wildman–Crippen MR) is 72.0 cm³/mol. The van der Waals surface area contributed by atoms with Crippen LogP contribution in [0.5, 0.6) is 0 Å². The molecule has 17 heavy (non-hydrogen) atoms. The zero-order valence-electron chi connectivity index (χ0n) is 12.3. The van der Waals surface area contributed by atoms with Gasteiger partial charge in [-0.1, -0.05) is 27.7 Å². The summed E-state index contributed by atoms with van der Waals surface area (Å²) in [7, 11) is 3.66. The van der Waals surface area contributed by atoms with Crippen molar-refractivity contribution in [2.45, 2.75) is 40.5 Å². The van der Waals surface area contributed by atoms with E-state index in [4.69, 9.17) is 0 Å². The lowest BCUT2D eigenvalue weighted by Crippen LogP contribution is -2.50. The lowest BCUT2D eigenvalue weighted by atomic mass is 9.63. The highest BCUT2D eigenvalue weighted by atomic mass is 16.2. The van der Waals surface area contributed by atoms with Gasteiger partial charge in [-0.25, -0.2) is 4.79 Å². The van der Waals surface area contributed by atoms with E-state index >= 15 is 0 Å². The van der Waals surface area contributed by atoms with Gasteiger partial charge < -0.3 is 9.80 Å². The van der Waals surface area contributed by atoms with Gasteiger partial charge in [0.2, 0.25) is 0 Å². The maximum atomic E-state index is 11.9. The molecule has 0 saturated carbocycles. The van der Waals surface area contributed by atoms with Crippen molar-refractivity contribution in [3.05, 3.63) is 0 Å².